The number of aromatic nitrogens is 2. The SMILES string of the molecule is C=C(/C=C(\C)C(F)F)c1cnc(C(C)C)[nH]1.CC.CC1CCC(N2CCN(C)CC2)C1. The summed E-state index contributed by atoms with van der Waals surface area (Å²) < 4.78 is 24.6. The van der Waals surface area contributed by atoms with Crippen molar-refractivity contribution in [1.82, 2.24) is 19.8 Å². The van der Waals surface area contributed by atoms with Crippen molar-refractivity contribution in [2.75, 3.05) is 33.2 Å². The number of nitrogens with zero attached hydrogens (tertiary/aromatic N) is 3. The van der Waals surface area contributed by atoms with Crippen LogP contribution in [-0.2, 0) is 0 Å². The molecule has 2 heterocycles. The first-order valence-electron chi connectivity index (χ1n) is 11.8. The van der Waals surface area contributed by atoms with E-state index in [9.17, 15) is 8.78 Å². The van der Waals surface area contributed by atoms with Gasteiger partial charge in [0.1, 0.15) is 5.82 Å². The molecule has 0 spiro atoms. The number of likely N-dealkylation sites (N-methyl/N-ethyl adjacent to an activating group) is 1. The first-order valence-corrected chi connectivity index (χ1v) is 11.8. The lowest BCUT2D eigenvalue weighted by atomic mass is 10.1. The topological polar surface area (TPSA) is 35.2 Å². The number of aromatic amines is 1. The standard InChI is InChI=1S/C12H16F2N2.C11H22N2.C2H6/c1-7(2)12-15-6-10(16-12)8(3)5-9(4)11(13)14;1-10-3-4-11(9-10)13-7-5-12(2)6-8-13;1-2/h5-7,11H,3H2,1-2,4H3,(H,15,16);10-11H,3-9H2,1-2H3;1-2H3/b9-5+;;. The Morgan fingerprint density at radius 1 is 1.19 bits per heavy atom. The third kappa shape index (κ3) is 9.24. The number of alkyl halides is 2. The van der Waals surface area contributed by atoms with Gasteiger partial charge in [-0.05, 0) is 56.4 Å². The molecule has 1 aromatic heterocycles. The summed E-state index contributed by atoms with van der Waals surface area (Å²) in [5, 5.41) is 0. The summed E-state index contributed by atoms with van der Waals surface area (Å²) in [4.78, 5) is 12.4. The molecule has 1 saturated heterocycles. The van der Waals surface area contributed by atoms with E-state index in [4.69, 9.17) is 0 Å². The number of nitrogens with one attached hydrogen (secondary N) is 1. The van der Waals surface area contributed by atoms with E-state index >= 15 is 0 Å². The fraction of sp³-hybridized carbons (Fsp3) is 0.720. The van der Waals surface area contributed by atoms with Gasteiger partial charge in [0.05, 0.1) is 11.9 Å². The van der Waals surface area contributed by atoms with Crippen LogP contribution in [0.25, 0.3) is 5.57 Å². The molecule has 0 radical (unpaired) electrons. The summed E-state index contributed by atoms with van der Waals surface area (Å²) in [7, 11) is 2.23. The summed E-state index contributed by atoms with van der Waals surface area (Å²) >= 11 is 0. The number of imidazole rings is 1. The summed E-state index contributed by atoms with van der Waals surface area (Å²) in [6.07, 6.45) is 4.91. The van der Waals surface area contributed by atoms with Crippen LogP contribution in [0.5, 0.6) is 0 Å². The molecule has 2 unspecified atom stereocenters. The molecule has 178 valence electrons. The predicted octanol–water partition coefficient (Wildman–Crippen LogP) is 6.21. The van der Waals surface area contributed by atoms with Gasteiger partial charge in [-0.25, -0.2) is 13.8 Å². The Balaban J connectivity index is 0.000000291. The fourth-order valence-corrected chi connectivity index (χ4v) is 3.90. The zero-order valence-electron chi connectivity index (χ0n) is 20.7. The van der Waals surface area contributed by atoms with E-state index in [1.165, 1.54) is 58.4 Å². The van der Waals surface area contributed by atoms with Crippen LogP contribution in [0.2, 0.25) is 0 Å². The molecule has 2 fully saturated rings. The van der Waals surface area contributed by atoms with Gasteiger partial charge in [-0.15, -0.1) is 0 Å². The van der Waals surface area contributed by atoms with Gasteiger partial charge in [0.2, 0.25) is 0 Å². The average Bonchev–Trinajstić information content (AvgIpc) is 3.40. The summed E-state index contributed by atoms with van der Waals surface area (Å²) in [5.41, 5.74) is 1.21. The molecule has 1 N–H and O–H groups in total. The molecule has 2 aliphatic rings. The smallest absolute Gasteiger partial charge is 0.259 e. The molecule has 2 atom stereocenters. The van der Waals surface area contributed by atoms with Crippen molar-refractivity contribution >= 4 is 5.57 Å². The van der Waals surface area contributed by atoms with Gasteiger partial charge in [0.25, 0.3) is 6.43 Å². The van der Waals surface area contributed by atoms with Crippen molar-refractivity contribution in [2.24, 2.45) is 5.92 Å². The minimum atomic E-state index is -2.44. The number of hydrogen-bond donors (Lipinski definition) is 1. The van der Waals surface area contributed by atoms with E-state index < -0.39 is 6.43 Å². The van der Waals surface area contributed by atoms with Crippen molar-refractivity contribution in [3.63, 3.8) is 0 Å². The summed E-state index contributed by atoms with van der Waals surface area (Å²) in [5.74, 6) is 2.09. The lowest BCUT2D eigenvalue weighted by Gasteiger charge is -2.36. The van der Waals surface area contributed by atoms with E-state index in [-0.39, 0.29) is 11.5 Å². The highest BCUT2D eigenvalue weighted by Crippen LogP contribution is 2.29. The Morgan fingerprint density at radius 2 is 1.81 bits per heavy atom. The Labute approximate surface area is 188 Å². The van der Waals surface area contributed by atoms with Gasteiger partial charge in [-0.1, -0.05) is 41.2 Å². The van der Waals surface area contributed by atoms with Crippen LogP contribution >= 0.6 is 0 Å². The van der Waals surface area contributed by atoms with E-state index in [1.807, 2.05) is 27.7 Å². The number of hydrogen-bond acceptors (Lipinski definition) is 3. The zero-order chi connectivity index (χ0) is 23.6. The molecule has 0 aromatic carbocycles. The zero-order valence-corrected chi connectivity index (χ0v) is 20.7. The first kappa shape index (κ1) is 27.5. The normalized spacial score (nSPS) is 22.7. The molecule has 1 aliphatic heterocycles. The maximum atomic E-state index is 12.3. The molecular formula is C25H44F2N4. The highest BCUT2D eigenvalue weighted by atomic mass is 19.3. The Kier molecular flexibility index (Phi) is 12.2. The second kappa shape index (κ2) is 13.8. The molecule has 3 rings (SSSR count). The molecule has 1 saturated carbocycles. The van der Waals surface area contributed by atoms with Crippen molar-refractivity contribution in [3.8, 4) is 0 Å². The van der Waals surface area contributed by atoms with Crippen molar-refractivity contribution in [2.45, 2.75) is 79.2 Å². The Hall–Kier alpha value is -1.53. The van der Waals surface area contributed by atoms with Crippen LogP contribution in [0, 0.1) is 5.92 Å². The van der Waals surface area contributed by atoms with Crippen LogP contribution in [0.1, 0.15) is 78.2 Å². The second-order valence-electron chi connectivity index (χ2n) is 8.96. The number of halogens is 2. The third-order valence-electron chi connectivity index (χ3n) is 5.96. The van der Waals surface area contributed by atoms with E-state index in [0.717, 1.165) is 17.8 Å². The van der Waals surface area contributed by atoms with Crippen LogP contribution < -0.4 is 0 Å². The molecular weight excluding hydrogens is 394 g/mol. The Bertz CT molecular complexity index is 673. The van der Waals surface area contributed by atoms with Crippen molar-refractivity contribution in [3.05, 3.63) is 35.9 Å². The van der Waals surface area contributed by atoms with Crippen LogP contribution in [0.15, 0.2) is 24.4 Å². The largest absolute Gasteiger partial charge is 0.342 e. The Morgan fingerprint density at radius 3 is 2.26 bits per heavy atom. The van der Waals surface area contributed by atoms with Crippen LogP contribution in [0.4, 0.5) is 8.78 Å². The summed E-state index contributed by atoms with van der Waals surface area (Å²) in [6, 6.07) is 0.920. The van der Waals surface area contributed by atoms with Gasteiger partial charge in [0.15, 0.2) is 0 Å². The molecule has 6 heteroatoms. The van der Waals surface area contributed by atoms with Crippen LogP contribution in [0.3, 0.4) is 0 Å². The molecule has 31 heavy (non-hydrogen) atoms. The number of allylic oxidation sites excluding steroid dienone is 3. The highest BCUT2D eigenvalue weighted by molar-refractivity contribution is 5.70. The second-order valence-corrected chi connectivity index (χ2v) is 8.96. The molecule has 1 aliphatic carbocycles. The minimum Gasteiger partial charge on any atom is -0.342 e. The predicted molar refractivity (Wildman–Crippen MR) is 129 cm³/mol. The summed E-state index contributed by atoms with van der Waals surface area (Å²) in [6.45, 7) is 20.7. The number of H-pyrrole nitrogens is 1. The first-order chi connectivity index (χ1) is 14.7. The van der Waals surface area contributed by atoms with E-state index in [2.05, 4.69) is 40.3 Å². The molecule has 0 bridgehead atoms. The number of rotatable bonds is 5. The molecule has 1 aromatic rings. The monoisotopic (exact) mass is 438 g/mol. The minimum absolute atomic E-state index is 0.00527. The fourth-order valence-electron chi connectivity index (χ4n) is 3.90. The van der Waals surface area contributed by atoms with Gasteiger partial charge in [0, 0.05) is 38.1 Å². The lowest BCUT2D eigenvalue weighted by Crippen LogP contribution is -2.48. The van der Waals surface area contributed by atoms with Crippen molar-refractivity contribution in [1.29, 1.82) is 0 Å². The van der Waals surface area contributed by atoms with Crippen LogP contribution in [-0.4, -0.2) is 65.5 Å². The van der Waals surface area contributed by atoms with E-state index in [1.54, 1.807) is 6.20 Å². The van der Waals surface area contributed by atoms with Gasteiger partial charge >= 0.3 is 0 Å². The number of piperazine rings is 1. The van der Waals surface area contributed by atoms with Crippen molar-refractivity contribution < 1.29 is 8.78 Å². The quantitative estimate of drug-likeness (QED) is 0.555. The maximum absolute atomic E-state index is 12.3. The van der Waals surface area contributed by atoms with E-state index in [0.29, 0.717) is 11.3 Å². The van der Waals surface area contributed by atoms with Gasteiger partial charge in [-0.3, -0.25) is 4.90 Å². The van der Waals surface area contributed by atoms with Gasteiger partial charge < -0.3 is 9.88 Å². The molecule has 4 nitrogen and oxygen atoms in total. The highest BCUT2D eigenvalue weighted by Gasteiger charge is 2.28. The third-order valence-corrected chi connectivity index (χ3v) is 5.96. The average molecular weight is 439 g/mol. The van der Waals surface area contributed by atoms with Gasteiger partial charge in [-0.2, -0.15) is 0 Å². The lowest BCUT2D eigenvalue weighted by molar-refractivity contribution is 0.112. The molecule has 0 amide bonds. The maximum Gasteiger partial charge on any atom is 0.259 e.